The zero-order chi connectivity index (χ0) is 11.7. The summed E-state index contributed by atoms with van der Waals surface area (Å²) in [5, 5.41) is 8.76. The Balaban J connectivity index is 2.60. The van der Waals surface area contributed by atoms with Crippen LogP contribution in [0.2, 0.25) is 0 Å². The predicted octanol–water partition coefficient (Wildman–Crippen LogP) is 2.38. The number of carboxylic acids is 1. The van der Waals surface area contributed by atoms with Gasteiger partial charge in [0.1, 0.15) is 11.2 Å². The Hall–Kier alpha value is -0.610. The summed E-state index contributed by atoms with van der Waals surface area (Å²) in [6.07, 6.45) is 1.49. The normalized spacial score (nSPS) is 36.1. The van der Waals surface area contributed by atoms with Gasteiger partial charge in [0.2, 0.25) is 0 Å². The van der Waals surface area contributed by atoms with E-state index >= 15 is 0 Å². The monoisotopic (exact) mass is 216 g/mol. The van der Waals surface area contributed by atoms with Crippen LogP contribution in [0.25, 0.3) is 0 Å². The summed E-state index contributed by atoms with van der Waals surface area (Å²) < 4.78 is 0. The highest BCUT2D eigenvalue weighted by Gasteiger charge is 2.47. The summed E-state index contributed by atoms with van der Waals surface area (Å²) in [5.74, 6) is -0.347. The van der Waals surface area contributed by atoms with Gasteiger partial charge in [0.15, 0.2) is 0 Å². The third-order valence-corrected chi connectivity index (χ3v) is 2.56. The first-order valence-corrected chi connectivity index (χ1v) is 5.33. The highest BCUT2D eigenvalue weighted by Crippen LogP contribution is 2.41. The smallest absolute Gasteiger partial charge is 0.306 e. The number of hydrogen-bond donors (Lipinski definition) is 1. The lowest BCUT2D eigenvalue weighted by molar-refractivity contribution is -0.346. The van der Waals surface area contributed by atoms with E-state index < -0.39 is 11.6 Å². The average molecular weight is 216 g/mol. The van der Waals surface area contributed by atoms with Crippen LogP contribution in [0.5, 0.6) is 0 Å². The Bertz CT molecular complexity index is 251. The average Bonchev–Trinajstić information content (AvgIpc) is 2.22. The molecule has 4 heteroatoms. The van der Waals surface area contributed by atoms with Crippen molar-refractivity contribution in [3.63, 3.8) is 0 Å². The van der Waals surface area contributed by atoms with Crippen LogP contribution in [-0.2, 0) is 14.6 Å². The van der Waals surface area contributed by atoms with E-state index in [4.69, 9.17) is 14.9 Å². The van der Waals surface area contributed by atoms with Crippen LogP contribution in [-0.4, -0.2) is 22.3 Å². The van der Waals surface area contributed by atoms with Gasteiger partial charge in [-0.25, -0.2) is 9.78 Å². The van der Waals surface area contributed by atoms with E-state index in [-0.39, 0.29) is 12.0 Å². The van der Waals surface area contributed by atoms with Crippen LogP contribution in [0.15, 0.2) is 0 Å². The highest BCUT2D eigenvalue weighted by molar-refractivity contribution is 5.68. The van der Waals surface area contributed by atoms with Crippen LogP contribution in [0.1, 0.15) is 47.0 Å². The van der Waals surface area contributed by atoms with Crippen LogP contribution in [0, 0.1) is 5.92 Å². The van der Waals surface area contributed by atoms with Crippen molar-refractivity contribution in [1.29, 1.82) is 0 Å². The molecule has 4 nitrogen and oxygen atoms in total. The molecule has 2 atom stereocenters. The molecule has 15 heavy (non-hydrogen) atoms. The molecule has 0 bridgehead atoms. The van der Waals surface area contributed by atoms with E-state index in [9.17, 15) is 4.79 Å². The highest BCUT2D eigenvalue weighted by atomic mass is 17.2. The summed E-state index contributed by atoms with van der Waals surface area (Å²) in [7, 11) is 0. The molecule has 88 valence electrons. The molecule has 0 amide bonds. The minimum atomic E-state index is -0.852. The van der Waals surface area contributed by atoms with E-state index in [0.29, 0.717) is 12.3 Å². The minimum absolute atomic E-state index is 0.0132. The van der Waals surface area contributed by atoms with Gasteiger partial charge in [0.25, 0.3) is 0 Å². The molecule has 0 aromatic rings. The first-order chi connectivity index (χ1) is 6.75. The van der Waals surface area contributed by atoms with Gasteiger partial charge < -0.3 is 5.11 Å². The standard InChI is InChI=1S/C11H20O4/c1-8(2)5-10(3)7-11(4,15-14-10)6-9(12)13/h8H,5-7H2,1-4H3,(H,12,13)/t10-,11-/m0/s1. The predicted molar refractivity (Wildman–Crippen MR) is 55.3 cm³/mol. The fourth-order valence-corrected chi connectivity index (χ4v) is 2.43. The molecule has 1 rings (SSSR count). The van der Waals surface area contributed by atoms with Gasteiger partial charge in [-0.3, -0.25) is 4.79 Å². The fraction of sp³-hybridized carbons (Fsp3) is 0.909. The van der Waals surface area contributed by atoms with Crippen LogP contribution >= 0.6 is 0 Å². The molecule has 1 heterocycles. The summed E-state index contributed by atoms with van der Waals surface area (Å²) in [6, 6.07) is 0. The van der Waals surface area contributed by atoms with Gasteiger partial charge >= 0.3 is 5.97 Å². The number of aliphatic carboxylic acids is 1. The molecule has 0 aliphatic carbocycles. The molecule has 1 aliphatic heterocycles. The van der Waals surface area contributed by atoms with Gasteiger partial charge in [-0.15, -0.1) is 0 Å². The number of rotatable bonds is 4. The van der Waals surface area contributed by atoms with Gasteiger partial charge in [0.05, 0.1) is 6.42 Å². The minimum Gasteiger partial charge on any atom is -0.481 e. The van der Waals surface area contributed by atoms with Crippen LogP contribution in [0.3, 0.4) is 0 Å². The van der Waals surface area contributed by atoms with E-state index in [0.717, 1.165) is 6.42 Å². The zero-order valence-electron chi connectivity index (χ0n) is 9.87. The largest absolute Gasteiger partial charge is 0.481 e. The molecular formula is C11H20O4. The zero-order valence-corrected chi connectivity index (χ0v) is 9.87. The van der Waals surface area contributed by atoms with E-state index in [1.807, 2.05) is 6.92 Å². The third-order valence-electron chi connectivity index (χ3n) is 2.56. The van der Waals surface area contributed by atoms with Gasteiger partial charge in [-0.2, -0.15) is 0 Å². The Kier molecular flexibility index (Phi) is 3.41. The molecule has 1 aliphatic rings. The molecule has 0 aromatic heterocycles. The van der Waals surface area contributed by atoms with Crippen LogP contribution < -0.4 is 0 Å². The number of carboxylic acid groups (broad SMARTS) is 1. The van der Waals surface area contributed by atoms with Gasteiger partial charge in [-0.1, -0.05) is 13.8 Å². The Morgan fingerprint density at radius 2 is 1.87 bits per heavy atom. The molecule has 0 radical (unpaired) electrons. The maximum atomic E-state index is 10.7. The Morgan fingerprint density at radius 3 is 2.33 bits per heavy atom. The molecule has 0 aromatic carbocycles. The number of carbonyl (C=O) groups is 1. The second-order valence-electron chi connectivity index (χ2n) is 5.41. The van der Waals surface area contributed by atoms with Crippen molar-refractivity contribution in [1.82, 2.24) is 0 Å². The number of hydrogen-bond acceptors (Lipinski definition) is 3. The lowest BCUT2D eigenvalue weighted by Crippen LogP contribution is -2.31. The second kappa shape index (κ2) is 4.10. The Labute approximate surface area is 90.5 Å². The maximum absolute atomic E-state index is 10.7. The second-order valence-corrected chi connectivity index (χ2v) is 5.41. The van der Waals surface area contributed by atoms with Gasteiger partial charge in [0, 0.05) is 6.42 Å². The van der Waals surface area contributed by atoms with Crippen molar-refractivity contribution < 1.29 is 19.7 Å². The molecule has 0 saturated carbocycles. The van der Waals surface area contributed by atoms with Crippen molar-refractivity contribution in [2.24, 2.45) is 5.92 Å². The van der Waals surface area contributed by atoms with Crippen molar-refractivity contribution in [2.75, 3.05) is 0 Å². The van der Waals surface area contributed by atoms with E-state index in [1.165, 1.54) is 0 Å². The first kappa shape index (κ1) is 12.5. The first-order valence-electron chi connectivity index (χ1n) is 5.33. The SMILES string of the molecule is CC(C)C[C@@]1(C)C[C@](C)(CC(=O)O)OO1. The maximum Gasteiger partial charge on any atom is 0.306 e. The third kappa shape index (κ3) is 3.47. The van der Waals surface area contributed by atoms with Crippen molar-refractivity contribution >= 4 is 5.97 Å². The van der Waals surface area contributed by atoms with E-state index in [2.05, 4.69) is 13.8 Å². The quantitative estimate of drug-likeness (QED) is 0.733. The topological polar surface area (TPSA) is 55.8 Å². The van der Waals surface area contributed by atoms with E-state index in [1.54, 1.807) is 6.92 Å². The van der Waals surface area contributed by atoms with Crippen LogP contribution in [0.4, 0.5) is 0 Å². The van der Waals surface area contributed by atoms with Crippen molar-refractivity contribution in [3.05, 3.63) is 0 Å². The van der Waals surface area contributed by atoms with Crippen molar-refractivity contribution in [3.8, 4) is 0 Å². The summed E-state index contributed by atoms with van der Waals surface area (Å²) in [6.45, 7) is 7.98. The molecule has 1 N–H and O–H groups in total. The lowest BCUT2D eigenvalue weighted by Gasteiger charge is -2.23. The lowest BCUT2D eigenvalue weighted by atomic mass is 9.83. The molecule has 1 saturated heterocycles. The summed E-state index contributed by atoms with van der Waals surface area (Å²) >= 11 is 0. The molecule has 1 fully saturated rings. The summed E-state index contributed by atoms with van der Waals surface area (Å²) in [5.41, 5.74) is -1.03. The molecular weight excluding hydrogens is 196 g/mol. The van der Waals surface area contributed by atoms with Crippen molar-refractivity contribution in [2.45, 2.75) is 58.2 Å². The Morgan fingerprint density at radius 1 is 1.33 bits per heavy atom. The van der Waals surface area contributed by atoms with Gasteiger partial charge in [-0.05, 0) is 26.2 Å². The fourth-order valence-electron chi connectivity index (χ4n) is 2.43. The molecule has 0 unspecified atom stereocenters. The molecule has 0 spiro atoms. The summed E-state index contributed by atoms with van der Waals surface area (Å²) in [4.78, 5) is 21.1.